The molecule has 1 aliphatic heterocycles. The van der Waals surface area contributed by atoms with E-state index in [4.69, 9.17) is 0 Å². The van der Waals surface area contributed by atoms with Gasteiger partial charge in [0, 0.05) is 26.2 Å². The minimum Gasteiger partial charge on any atom is -0.492 e. The molecule has 3 heterocycles. The normalized spacial score (nSPS) is 18.1. The number of piperazine rings is 1. The molecule has 10 heteroatoms. The van der Waals surface area contributed by atoms with E-state index in [-0.39, 0.29) is 11.9 Å². The SMILES string of the molecule is Cc1nc2sc(C(c3ccccc3)N3CCN(S(C)(=O)=O)CC3)c(O)n2n1. The zero-order valence-corrected chi connectivity index (χ0v) is 16.7. The molecule has 0 spiro atoms. The summed E-state index contributed by atoms with van der Waals surface area (Å²) in [6.07, 6.45) is 1.24. The van der Waals surface area contributed by atoms with Crippen LogP contribution in [0.5, 0.6) is 5.88 Å². The lowest BCUT2D eigenvalue weighted by Crippen LogP contribution is -2.49. The Kier molecular flexibility index (Phi) is 4.66. The Morgan fingerprint density at radius 1 is 1.15 bits per heavy atom. The average Bonchev–Trinajstić information content (AvgIpc) is 3.14. The van der Waals surface area contributed by atoms with E-state index in [1.54, 1.807) is 6.92 Å². The monoisotopic (exact) mass is 407 g/mol. The first kappa shape index (κ1) is 18.4. The third-order valence-electron chi connectivity index (χ3n) is 4.78. The van der Waals surface area contributed by atoms with Crippen LogP contribution in [0.1, 0.15) is 22.3 Å². The van der Waals surface area contributed by atoms with Gasteiger partial charge in [-0.3, -0.25) is 4.90 Å². The van der Waals surface area contributed by atoms with Crippen LogP contribution in [0.15, 0.2) is 30.3 Å². The molecule has 1 atom stereocenters. The summed E-state index contributed by atoms with van der Waals surface area (Å²) in [5.41, 5.74) is 1.04. The van der Waals surface area contributed by atoms with Crippen molar-refractivity contribution in [2.45, 2.75) is 13.0 Å². The summed E-state index contributed by atoms with van der Waals surface area (Å²) in [5.74, 6) is 0.705. The largest absolute Gasteiger partial charge is 0.492 e. The number of hydrogen-bond acceptors (Lipinski definition) is 7. The van der Waals surface area contributed by atoms with E-state index in [9.17, 15) is 13.5 Å². The van der Waals surface area contributed by atoms with Crippen LogP contribution in [0.25, 0.3) is 4.96 Å². The highest BCUT2D eigenvalue weighted by atomic mass is 32.2. The lowest BCUT2D eigenvalue weighted by atomic mass is 10.0. The summed E-state index contributed by atoms with van der Waals surface area (Å²) in [6, 6.07) is 9.75. The second kappa shape index (κ2) is 6.86. The van der Waals surface area contributed by atoms with E-state index in [2.05, 4.69) is 15.0 Å². The molecule has 8 nitrogen and oxygen atoms in total. The molecule has 1 aliphatic rings. The smallest absolute Gasteiger partial charge is 0.230 e. The van der Waals surface area contributed by atoms with Crippen molar-refractivity contribution in [3.63, 3.8) is 0 Å². The highest BCUT2D eigenvalue weighted by Gasteiger charge is 2.33. The summed E-state index contributed by atoms with van der Waals surface area (Å²) in [5, 5.41) is 15.0. The fourth-order valence-corrected chi connectivity index (χ4v) is 5.47. The molecule has 3 aromatic rings. The highest BCUT2D eigenvalue weighted by molar-refractivity contribution is 7.88. The Labute approximate surface area is 161 Å². The number of aromatic hydroxyl groups is 1. The molecule has 2 aromatic heterocycles. The molecule has 0 bridgehead atoms. The Hall–Kier alpha value is -2.01. The van der Waals surface area contributed by atoms with E-state index in [0.29, 0.717) is 37.0 Å². The van der Waals surface area contributed by atoms with E-state index >= 15 is 0 Å². The maximum absolute atomic E-state index is 11.8. The fraction of sp³-hybridized carbons (Fsp3) is 0.412. The van der Waals surface area contributed by atoms with Crippen molar-refractivity contribution in [3.8, 4) is 5.88 Å². The molecule has 1 fully saturated rings. The number of benzene rings is 1. The van der Waals surface area contributed by atoms with E-state index in [1.165, 1.54) is 26.4 Å². The molecule has 144 valence electrons. The number of sulfonamides is 1. The van der Waals surface area contributed by atoms with Crippen LogP contribution in [0.2, 0.25) is 0 Å². The average molecular weight is 408 g/mol. The predicted octanol–water partition coefficient (Wildman–Crippen LogP) is 1.47. The van der Waals surface area contributed by atoms with Crippen LogP contribution in [-0.2, 0) is 10.0 Å². The summed E-state index contributed by atoms with van der Waals surface area (Å²) < 4.78 is 26.6. The molecule has 4 rings (SSSR count). The van der Waals surface area contributed by atoms with Crippen LogP contribution in [0.4, 0.5) is 0 Å². The third kappa shape index (κ3) is 3.45. The second-order valence-electron chi connectivity index (χ2n) is 6.65. The van der Waals surface area contributed by atoms with Crippen molar-refractivity contribution < 1.29 is 13.5 Å². The van der Waals surface area contributed by atoms with Crippen LogP contribution in [-0.4, -0.2) is 69.8 Å². The van der Waals surface area contributed by atoms with Gasteiger partial charge in [-0.15, -0.1) is 5.10 Å². The molecule has 1 N–H and O–H groups in total. The molecule has 0 amide bonds. The summed E-state index contributed by atoms with van der Waals surface area (Å²) in [4.78, 5) is 7.98. The Morgan fingerprint density at radius 2 is 1.81 bits per heavy atom. The van der Waals surface area contributed by atoms with E-state index in [0.717, 1.165) is 10.4 Å². The number of rotatable bonds is 4. The van der Waals surface area contributed by atoms with E-state index < -0.39 is 10.0 Å². The maximum atomic E-state index is 11.8. The van der Waals surface area contributed by atoms with Gasteiger partial charge in [-0.05, 0) is 12.5 Å². The first-order valence-corrected chi connectivity index (χ1v) is 11.3. The summed E-state index contributed by atoms with van der Waals surface area (Å²) >= 11 is 1.41. The quantitative estimate of drug-likeness (QED) is 0.704. The van der Waals surface area contributed by atoms with Crippen LogP contribution in [0.3, 0.4) is 0 Å². The first-order chi connectivity index (χ1) is 12.8. The lowest BCUT2D eigenvalue weighted by molar-refractivity contribution is 0.156. The molecule has 1 aromatic carbocycles. The molecule has 1 saturated heterocycles. The van der Waals surface area contributed by atoms with Gasteiger partial charge in [-0.25, -0.2) is 13.4 Å². The standard InChI is InChI=1S/C17H21N5O3S2/c1-12-18-17-22(19-12)16(23)15(26-17)14(13-6-4-3-5-7-13)20-8-10-21(11-9-20)27(2,24)25/h3-7,14,23H,8-11H2,1-2H3. The van der Waals surface area contributed by atoms with Gasteiger partial charge in [0.2, 0.25) is 20.9 Å². The van der Waals surface area contributed by atoms with Crippen molar-refractivity contribution in [1.82, 2.24) is 23.8 Å². The van der Waals surface area contributed by atoms with Crippen molar-refractivity contribution in [1.29, 1.82) is 0 Å². The molecule has 0 saturated carbocycles. The number of fused-ring (bicyclic) bond motifs is 1. The molecule has 1 unspecified atom stereocenters. The minimum atomic E-state index is -3.19. The van der Waals surface area contributed by atoms with Crippen LogP contribution in [0, 0.1) is 6.92 Å². The van der Waals surface area contributed by atoms with Gasteiger partial charge >= 0.3 is 0 Å². The van der Waals surface area contributed by atoms with Gasteiger partial charge in [0.15, 0.2) is 0 Å². The van der Waals surface area contributed by atoms with Gasteiger partial charge in [0.25, 0.3) is 0 Å². The number of aromatic nitrogens is 3. The van der Waals surface area contributed by atoms with E-state index in [1.807, 2.05) is 30.3 Å². The predicted molar refractivity (Wildman–Crippen MR) is 104 cm³/mol. The fourth-order valence-electron chi connectivity index (χ4n) is 3.48. The first-order valence-electron chi connectivity index (χ1n) is 8.64. The van der Waals surface area contributed by atoms with Crippen molar-refractivity contribution in [3.05, 3.63) is 46.6 Å². The third-order valence-corrected chi connectivity index (χ3v) is 7.15. The second-order valence-corrected chi connectivity index (χ2v) is 9.65. The number of thiazole rings is 1. The molecular weight excluding hydrogens is 386 g/mol. The zero-order valence-electron chi connectivity index (χ0n) is 15.1. The van der Waals surface area contributed by atoms with Crippen molar-refractivity contribution in [2.24, 2.45) is 0 Å². The van der Waals surface area contributed by atoms with Gasteiger partial charge < -0.3 is 5.11 Å². The lowest BCUT2D eigenvalue weighted by Gasteiger charge is -2.38. The molecule has 27 heavy (non-hydrogen) atoms. The number of aryl methyl sites for hydroxylation is 1. The topological polar surface area (TPSA) is 91.0 Å². The molecular formula is C17H21N5O3S2. The zero-order chi connectivity index (χ0) is 19.2. The Balaban J connectivity index is 1.72. The summed E-state index contributed by atoms with van der Waals surface area (Å²) in [7, 11) is -3.19. The van der Waals surface area contributed by atoms with Crippen LogP contribution < -0.4 is 0 Å². The maximum Gasteiger partial charge on any atom is 0.230 e. The van der Waals surface area contributed by atoms with Gasteiger partial charge in [-0.2, -0.15) is 8.82 Å². The van der Waals surface area contributed by atoms with Crippen LogP contribution >= 0.6 is 11.3 Å². The summed E-state index contributed by atoms with van der Waals surface area (Å²) in [6.45, 7) is 3.82. The van der Waals surface area contributed by atoms with Gasteiger partial charge in [-0.1, -0.05) is 41.7 Å². The highest BCUT2D eigenvalue weighted by Crippen LogP contribution is 2.40. The number of hydrogen-bond donors (Lipinski definition) is 1. The Morgan fingerprint density at radius 3 is 2.41 bits per heavy atom. The van der Waals surface area contributed by atoms with Gasteiger partial charge in [0.05, 0.1) is 17.2 Å². The molecule has 0 radical (unpaired) electrons. The van der Waals surface area contributed by atoms with Gasteiger partial charge in [0.1, 0.15) is 5.82 Å². The number of nitrogens with zero attached hydrogens (tertiary/aromatic N) is 5. The van der Waals surface area contributed by atoms with Crippen molar-refractivity contribution in [2.75, 3.05) is 32.4 Å². The Bertz CT molecular complexity index is 1050. The van der Waals surface area contributed by atoms with Crippen molar-refractivity contribution >= 4 is 26.3 Å². The minimum absolute atomic E-state index is 0.0926. The molecule has 0 aliphatic carbocycles.